The van der Waals surface area contributed by atoms with Crippen molar-refractivity contribution < 1.29 is 40.2 Å². The zero-order valence-electron chi connectivity index (χ0n) is 15.1. The number of fused-ring (bicyclic) bond motifs is 2. The first-order chi connectivity index (χ1) is 13.7. The number of phenols is 4. The van der Waals surface area contributed by atoms with Crippen LogP contribution in [0.2, 0.25) is 0 Å². The van der Waals surface area contributed by atoms with E-state index in [2.05, 4.69) is 0 Å². The highest BCUT2D eigenvalue weighted by Crippen LogP contribution is 2.46. The zero-order valence-corrected chi connectivity index (χ0v) is 15.1. The first-order valence-electron chi connectivity index (χ1n) is 9.07. The maximum absolute atomic E-state index is 12.9. The van der Waals surface area contributed by atoms with Crippen LogP contribution in [0.5, 0.6) is 23.0 Å². The molecular formula is C20H20O9. The average molecular weight is 404 g/mol. The molecule has 1 aromatic heterocycles. The lowest BCUT2D eigenvalue weighted by molar-refractivity contribution is -0.0650. The summed E-state index contributed by atoms with van der Waals surface area (Å²) in [7, 11) is 0. The fourth-order valence-electron chi connectivity index (χ4n) is 4.19. The Kier molecular flexibility index (Phi) is 4.53. The van der Waals surface area contributed by atoms with Crippen LogP contribution in [0.15, 0.2) is 27.4 Å². The van der Waals surface area contributed by atoms with Gasteiger partial charge < -0.3 is 40.2 Å². The Hall–Kier alpha value is -3.01. The molecule has 4 atom stereocenters. The second-order valence-electron chi connectivity index (χ2n) is 7.47. The van der Waals surface area contributed by atoms with E-state index < -0.39 is 46.7 Å². The lowest BCUT2D eigenvalue weighted by atomic mass is 9.74. The number of aromatic hydroxyl groups is 4. The number of rotatable bonds is 2. The molecule has 3 aromatic rings. The molecule has 9 heteroatoms. The topological polar surface area (TPSA) is 172 Å². The summed E-state index contributed by atoms with van der Waals surface area (Å²) >= 11 is 0. The minimum absolute atomic E-state index is 0.0107. The van der Waals surface area contributed by atoms with E-state index in [1.54, 1.807) is 0 Å². The summed E-state index contributed by atoms with van der Waals surface area (Å²) in [4.78, 5) is 12.9. The van der Waals surface area contributed by atoms with Gasteiger partial charge in [0.05, 0.1) is 17.6 Å². The van der Waals surface area contributed by atoms with Crippen molar-refractivity contribution in [2.45, 2.75) is 31.0 Å². The second-order valence-corrected chi connectivity index (χ2v) is 7.47. The molecule has 1 aliphatic carbocycles. The summed E-state index contributed by atoms with van der Waals surface area (Å²) in [6.45, 7) is -0.390. The highest BCUT2D eigenvalue weighted by Gasteiger charge is 2.38. The quantitative estimate of drug-likeness (QED) is 0.243. The lowest BCUT2D eigenvalue weighted by Gasteiger charge is -2.36. The number of phenolic OH excluding ortho intramolecular Hbond substituents is 4. The van der Waals surface area contributed by atoms with E-state index in [1.165, 1.54) is 0 Å². The van der Waals surface area contributed by atoms with E-state index in [4.69, 9.17) is 4.42 Å². The maximum Gasteiger partial charge on any atom is 0.204 e. The van der Waals surface area contributed by atoms with Gasteiger partial charge in [-0.15, -0.1) is 0 Å². The van der Waals surface area contributed by atoms with Crippen LogP contribution in [0.4, 0.5) is 0 Å². The molecule has 0 saturated heterocycles. The average Bonchev–Trinajstić information content (AvgIpc) is 2.66. The Morgan fingerprint density at radius 2 is 1.59 bits per heavy atom. The molecule has 9 nitrogen and oxygen atoms in total. The Bertz CT molecular complexity index is 1170. The van der Waals surface area contributed by atoms with E-state index >= 15 is 0 Å². The largest absolute Gasteiger partial charge is 0.507 e. The van der Waals surface area contributed by atoms with Gasteiger partial charge in [-0.3, -0.25) is 4.79 Å². The van der Waals surface area contributed by atoms with Gasteiger partial charge >= 0.3 is 0 Å². The highest BCUT2D eigenvalue weighted by atomic mass is 16.3. The van der Waals surface area contributed by atoms with E-state index in [9.17, 15) is 40.5 Å². The van der Waals surface area contributed by atoms with Crippen molar-refractivity contribution >= 4 is 21.9 Å². The molecule has 0 amide bonds. The predicted octanol–water partition coefficient (Wildman–Crippen LogP) is 0.976. The van der Waals surface area contributed by atoms with Crippen molar-refractivity contribution in [3.63, 3.8) is 0 Å². The van der Waals surface area contributed by atoms with Crippen LogP contribution in [0.1, 0.15) is 24.3 Å². The fourth-order valence-corrected chi connectivity index (χ4v) is 4.19. The fraction of sp³-hybridized carbons (Fsp3) is 0.350. The molecule has 2 aromatic carbocycles. The van der Waals surface area contributed by atoms with Crippen molar-refractivity contribution in [1.82, 2.24) is 0 Å². The second kappa shape index (κ2) is 6.80. The Labute approximate surface area is 163 Å². The van der Waals surface area contributed by atoms with Crippen molar-refractivity contribution in [3.8, 4) is 23.0 Å². The van der Waals surface area contributed by atoms with E-state index in [1.807, 2.05) is 0 Å². The molecular weight excluding hydrogens is 384 g/mol. The van der Waals surface area contributed by atoms with Crippen LogP contribution in [-0.2, 0) is 0 Å². The molecule has 1 saturated carbocycles. The van der Waals surface area contributed by atoms with Crippen LogP contribution in [0, 0.1) is 5.92 Å². The van der Waals surface area contributed by atoms with Crippen molar-refractivity contribution in [3.05, 3.63) is 34.0 Å². The molecule has 29 heavy (non-hydrogen) atoms. The number of aliphatic hydroxyl groups is 3. The van der Waals surface area contributed by atoms with Gasteiger partial charge in [0.2, 0.25) is 5.43 Å². The molecule has 1 aliphatic rings. The van der Waals surface area contributed by atoms with Crippen LogP contribution in [0.3, 0.4) is 0 Å². The number of hydrogen-bond donors (Lipinski definition) is 7. The zero-order chi connectivity index (χ0) is 21.0. The normalized spacial score (nSPS) is 24.9. The Balaban J connectivity index is 1.95. The molecule has 154 valence electrons. The van der Waals surface area contributed by atoms with Crippen molar-refractivity contribution in [2.75, 3.05) is 6.61 Å². The maximum atomic E-state index is 12.9. The first kappa shape index (κ1) is 19.3. The molecule has 0 bridgehead atoms. The van der Waals surface area contributed by atoms with Crippen LogP contribution >= 0.6 is 0 Å². The van der Waals surface area contributed by atoms with Gasteiger partial charge in [0.1, 0.15) is 28.1 Å². The predicted molar refractivity (Wildman–Crippen MR) is 101 cm³/mol. The van der Waals surface area contributed by atoms with Gasteiger partial charge in [0.15, 0.2) is 11.5 Å². The van der Waals surface area contributed by atoms with Crippen molar-refractivity contribution in [2.24, 2.45) is 5.92 Å². The summed E-state index contributed by atoms with van der Waals surface area (Å²) in [5, 5.41) is 69.9. The summed E-state index contributed by atoms with van der Waals surface area (Å²) < 4.78 is 5.53. The molecule has 0 radical (unpaired) electrons. The standard InChI is InChI=1S/C20H20O9/c21-6-8-1-7(2-13(25)18(8)26)16-12(24)5-15-17(20(16)28)19(27)9-3-10(22)11(23)4-14(9)29-15/h3-5,7-8,13,18,21-26,28H,1-2,6H2/t7?,8?,13?,18-/m1/s1. The lowest BCUT2D eigenvalue weighted by Crippen LogP contribution is -2.41. The van der Waals surface area contributed by atoms with Gasteiger partial charge in [-0.25, -0.2) is 0 Å². The van der Waals surface area contributed by atoms with Crippen molar-refractivity contribution in [1.29, 1.82) is 0 Å². The SMILES string of the molecule is O=c1c2cc(O)c(O)cc2oc2cc(O)c(C3CC(O)[C@H](O)C(CO)C3)c(O)c12. The van der Waals surface area contributed by atoms with Crippen LogP contribution in [-0.4, -0.2) is 54.6 Å². The van der Waals surface area contributed by atoms with Crippen LogP contribution in [0.25, 0.3) is 21.9 Å². The monoisotopic (exact) mass is 404 g/mol. The molecule has 4 rings (SSSR count). The van der Waals surface area contributed by atoms with Gasteiger partial charge in [-0.2, -0.15) is 0 Å². The summed E-state index contributed by atoms with van der Waals surface area (Å²) in [5.74, 6) is -3.21. The molecule has 1 heterocycles. The van der Waals surface area contributed by atoms with Gasteiger partial charge in [-0.1, -0.05) is 0 Å². The van der Waals surface area contributed by atoms with E-state index in [0.717, 1.165) is 18.2 Å². The molecule has 7 N–H and O–H groups in total. The Morgan fingerprint density at radius 1 is 0.931 bits per heavy atom. The third kappa shape index (κ3) is 2.94. The number of hydrogen-bond acceptors (Lipinski definition) is 9. The summed E-state index contributed by atoms with van der Waals surface area (Å²) in [6, 6.07) is 3.23. The minimum Gasteiger partial charge on any atom is -0.507 e. The minimum atomic E-state index is -1.17. The molecule has 0 aliphatic heterocycles. The third-order valence-corrected chi connectivity index (χ3v) is 5.68. The molecule has 0 spiro atoms. The van der Waals surface area contributed by atoms with Gasteiger partial charge in [-0.05, 0) is 24.8 Å². The van der Waals surface area contributed by atoms with E-state index in [-0.39, 0.29) is 52.7 Å². The van der Waals surface area contributed by atoms with Gasteiger partial charge in [0, 0.05) is 30.2 Å². The Morgan fingerprint density at radius 3 is 2.28 bits per heavy atom. The van der Waals surface area contributed by atoms with Gasteiger partial charge in [0.25, 0.3) is 0 Å². The molecule has 1 fully saturated rings. The highest BCUT2D eigenvalue weighted by molar-refractivity contribution is 5.96. The van der Waals surface area contributed by atoms with E-state index in [0.29, 0.717) is 0 Å². The first-order valence-corrected chi connectivity index (χ1v) is 9.07. The number of aliphatic hydroxyl groups excluding tert-OH is 3. The van der Waals surface area contributed by atoms with Crippen LogP contribution < -0.4 is 5.43 Å². The smallest absolute Gasteiger partial charge is 0.204 e. The molecule has 3 unspecified atom stereocenters. The summed E-state index contributed by atoms with van der Waals surface area (Å²) in [6.07, 6.45) is -2.12. The summed E-state index contributed by atoms with van der Waals surface area (Å²) in [5.41, 5.74) is -0.829. The third-order valence-electron chi connectivity index (χ3n) is 5.68. The number of benzene rings is 2.